The summed E-state index contributed by atoms with van der Waals surface area (Å²) in [7, 11) is -3.97. The van der Waals surface area contributed by atoms with E-state index in [1.807, 2.05) is 18.4 Å². The van der Waals surface area contributed by atoms with Gasteiger partial charge in [-0.05, 0) is 56.3 Å². The first-order valence-corrected chi connectivity index (χ1v) is 11.9. The normalized spacial score (nSPS) is 11.1. The lowest BCUT2D eigenvalue weighted by molar-refractivity contribution is 0.0475. The lowest BCUT2D eigenvalue weighted by Crippen LogP contribution is -2.18. The highest BCUT2D eigenvalue weighted by Gasteiger charge is 2.21. The fourth-order valence-corrected chi connectivity index (χ4v) is 4.55. The van der Waals surface area contributed by atoms with Crippen LogP contribution in [-0.2, 0) is 21.3 Å². The molecule has 0 atom stereocenters. The maximum Gasteiger partial charge on any atom is 0.340 e. The summed E-state index contributed by atoms with van der Waals surface area (Å²) in [4.78, 5) is 25.3. The van der Waals surface area contributed by atoms with E-state index in [0.29, 0.717) is 17.1 Å². The van der Waals surface area contributed by atoms with Crippen molar-refractivity contribution in [3.63, 3.8) is 0 Å². The minimum Gasteiger partial charge on any atom is -0.454 e. The van der Waals surface area contributed by atoms with Crippen LogP contribution >= 0.6 is 11.6 Å². The Labute approximate surface area is 197 Å². The van der Waals surface area contributed by atoms with Gasteiger partial charge in [0.15, 0.2) is 6.61 Å². The first-order valence-electron chi connectivity index (χ1n) is 9.99. The second kappa shape index (κ2) is 10.1. The fourth-order valence-electron chi connectivity index (χ4n) is 3.35. The zero-order valence-electron chi connectivity index (χ0n) is 18.2. The zero-order chi connectivity index (χ0) is 24.2. The predicted octanol–water partition coefficient (Wildman–Crippen LogP) is 4.78. The first kappa shape index (κ1) is 24.3. The number of esters is 1. The van der Waals surface area contributed by atoms with Gasteiger partial charge in [-0.2, -0.15) is 0 Å². The van der Waals surface area contributed by atoms with Crippen LogP contribution in [0.3, 0.4) is 0 Å². The molecule has 0 aliphatic carbocycles. The number of halogens is 1. The number of sulfonamides is 1. The highest BCUT2D eigenvalue weighted by atomic mass is 35.5. The summed E-state index contributed by atoms with van der Waals surface area (Å²) >= 11 is 5.82. The van der Waals surface area contributed by atoms with Gasteiger partial charge in [-0.1, -0.05) is 29.8 Å². The number of aryl methyl sites for hydroxylation is 1. The highest BCUT2D eigenvalue weighted by Crippen LogP contribution is 2.22. The molecule has 3 rings (SSSR count). The molecule has 0 aliphatic rings. The number of para-hydroxylation sites is 1. The summed E-state index contributed by atoms with van der Waals surface area (Å²) in [6, 6.07) is 13.4. The van der Waals surface area contributed by atoms with Crippen molar-refractivity contribution in [1.82, 2.24) is 4.57 Å². The van der Waals surface area contributed by atoms with Gasteiger partial charge in [-0.15, -0.1) is 6.58 Å². The van der Waals surface area contributed by atoms with Crippen LogP contribution in [0, 0.1) is 13.8 Å². The SMILES string of the molecule is C=CCn1c(C)cc(C(=O)COC(=O)c2ccccc2NS(=O)(=O)c2ccc(Cl)cc2)c1C. The number of carbonyl (C=O) groups excluding carboxylic acids is 2. The molecule has 0 aliphatic heterocycles. The molecule has 9 heteroatoms. The minimum absolute atomic E-state index is 0.0138. The van der Waals surface area contributed by atoms with Crippen LogP contribution < -0.4 is 4.72 Å². The molecule has 2 aromatic carbocycles. The van der Waals surface area contributed by atoms with Crippen molar-refractivity contribution >= 4 is 39.1 Å². The number of carbonyl (C=O) groups is 2. The third-order valence-electron chi connectivity index (χ3n) is 5.04. The van der Waals surface area contributed by atoms with E-state index in [4.69, 9.17) is 16.3 Å². The van der Waals surface area contributed by atoms with Gasteiger partial charge < -0.3 is 9.30 Å². The van der Waals surface area contributed by atoms with Crippen LogP contribution in [0.25, 0.3) is 0 Å². The molecule has 0 fully saturated rings. The molecule has 0 unspecified atom stereocenters. The fraction of sp³-hybridized carbons (Fsp3) is 0.167. The van der Waals surface area contributed by atoms with Gasteiger partial charge in [0, 0.05) is 28.5 Å². The summed E-state index contributed by atoms with van der Waals surface area (Å²) in [6.45, 7) is 7.49. The summed E-state index contributed by atoms with van der Waals surface area (Å²) in [6.07, 6.45) is 1.73. The number of hydrogen-bond acceptors (Lipinski definition) is 5. The van der Waals surface area contributed by atoms with Gasteiger partial charge in [0.05, 0.1) is 16.1 Å². The molecule has 172 valence electrons. The van der Waals surface area contributed by atoms with Crippen molar-refractivity contribution < 1.29 is 22.7 Å². The van der Waals surface area contributed by atoms with Crippen LogP contribution in [-0.4, -0.2) is 31.3 Å². The van der Waals surface area contributed by atoms with Crippen LogP contribution in [0.1, 0.15) is 32.1 Å². The Morgan fingerprint density at radius 2 is 1.76 bits per heavy atom. The summed E-state index contributed by atoms with van der Waals surface area (Å²) in [5.41, 5.74) is 2.13. The standard InChI is InChI=1S/C24H23ClN2O5S/c1-4-13-27-16(2)14-21(17(27)3)23(28)15-32-24(29)20-7-5-6-8-22(20)26-33(30,31)19-11-9-18(25)10-12-19/h4-12,14,26H,1,13,15H2,2-3H3. The third-order valence-corrected chi connectivity index (χ3v) is 6.67. The van der Waals surface area contributed by atoms with E-state index in [-0.39, 0.29) is 21.9 Å². The van der Waals surface area contributed by atoms with E-state index >= 15 is 0 Å². The summed E-state index contributed by atoms with van der Waals surface area (Å²) in [5.74, 6) is -1.18. The van der Waals surface area contributed by atoms with E-state index < -0.39 is 22.6 Å². The Morgan fingerprint density at radius 3 is 2.42 bits per heavy atom. The second-order valence-corrected chi connectivity index (χ2v) is 9.41. The van der Waals surface area contributed by atoms with Gasteiger partial charge >= 0.3 is 5.97 Å². The van der Waals surface area contributed by atoms with Crippen molar-refractivity contribution in [2.24, 2.45) is 0 Å². The molecule has 1 heterocycles. The zero-order valence-corrected chi connectivity index (χ0v) is 19.7. The number of anilines is 1. The molecular formula is C24H23ClN2O5S. The number of aromatic nitrogens is 1. The molecule has 7 nitrogen and oxygen atoms in total. The largest absolute Gasteiger partial charge is 0.454 e. The first-order chi connectivity index (χ1) is 15.6. The lowest BCUT2D eigenvalue weighted by Gasteiger charge is -2.12. The van der Waals surface area contributed by atoms with Crippen molar-refractivity contribution in [3.05, 3.63) is 94.8 Å². The van der Waals surface area contributed by atoms with Crippen LogP contribution in [0.2, 0.25) is 5.02 Å². The highest BCUT2D eigenvalue weighted by molar-refractivity contribution is 7.92. The van der Waals surface area contributed by atoms with Crippen LogP contribution in [0.4, 0.5) is 5.69 Å². The minimum atomic E-state index is -3.97. The summed E-state index contributed by atoms with van der Waals surface area (Å²) < 4.78 is 34.9. The Bertz CT molecular complexity index is 1310. The van der Waals surface area contributed by atoms with Crippen molar-refractivity contribution in [2.75, 3.05) is 11.3 Å². The van der Waals surface area contributed by atoms with E-state index in [1.54, 1.807) is 24.3 Å². The van der Waals surface area contributed by atoms with Crippen molar-refractivity contribution in [2.45, 2.75) is 25.3 Å². The van der Waals surface area contributed by atoms with Gasteiger partial charge in [-0.25, -0.2) is 13.2 Å². The second-order valence-electron chi connectivity index (χ2n) is 7.29. The number of hydrogen-bond donors (Lipinski definition) is 1. The molecule has 0 spiro atoms. The molecule has 1 N–H and O–H groups in total. The van der Waals surface area contributed by atoms with Gasteiger partial charge in [-0.3, -0.25) is 9.52 Å². The molecule has 0 amide bonds. The average molecular weight is 487 g/mol. The topological polar surface area (TPSA) is 94.5 Å². The Kier molecular flexibility index (Phi) is 7.40. The summed E-state index contributed by atoms with van der Waals surface area (Å²) in [5, 5.41) is 0.396. The molecule has 0 bridgehead atoms. The molecule has 0 saturated carbocycles. The Hall–Kier alpha value is -3.36. The quantitative estimate of drug-likeness (QED) is 0.267. The molecule has 1 aromatic heterocycles. The van der Waals surface area contributed by atoms with Gasteiger partial charge in [0.1, 0.15) is 0 Å². The molecule has 0 radical (unpaired) electrons. The maximum atomic E-state index is 12.7. The number of ether oxygens (including phenoxy) is 1. The van der Waals surface area contributed by atoms with Gasteiger partial charge in [0.2, 0.25) is 5.78 Å². The van der Waals surface area contributed by atoms with Crippen LogP contribution in [0.15, 0.2) is 72.1 Å². The predicted molar refractivity (Wildman–Crippen MR) is 127 cm³/mol. The number of ketones is 1. The lowest BCUT2D eigenvalue weighted by atomic mass is 10.1. The Balaban J connectivity index is 1.75. The van der Waals surface area contributed by atoms with Crippen molar-refractivity contribution in [3.8, 4) is 0 Å². The smallest absolute Gasteiger partial charge is 0.340 e. The number of Topliss-reactive ketones (excluding diaryl/α,β-unsaturated/α-hetero) is 1. The molecule has 3 aromatic rings. The molecular weight excluding hydrogens is 464 g/mol. The van der Waals surface area contributed by atoms with E-state index in [2.05, 4.69) is 11.3 Å². The van der Waals surface area contributed by atoms with E-state index in [9.17, 15) is 18.0 Å². The average Bonchev–Trinajstić information content (AvgIpc) is 3.06. The monoisotopic (exact) mass is 486 g/mol. The number of nitrogens with one attached hydrogen (secondary N) is 1. The van der Waals surface area contributed by atoms with Gasteiger partial charge in [0.25, 0.3) is 10.0 Å². The maximum absolute atomic E-state index is 12.7. The molecule has 0 saturated heterocycles. The number of nitrogens with zero attached hydrogens (tertiary/aromatic N) is 1. The molecule has 33 heavy (non-hydrogen) atoms. The number of allylic oxidation sites excluding steroid dienone is 1. The number of rotatable bonds is 9. The van der Waals surface area contributed by atoms with Crippen LogP contribution in [0.5, 0.6) is 0 Å². The Morgan fingerprint density at radius 1 is 1.09 bits per heavy atom. The van der Waals surface area contributed by atoms with Crippen molar-refractivity contribution in [1.29, 1.82) is 0 Å². The van der Waals surface area contributed by atoms with E-state index in [1.165, 1.54) is 36.4 Å². The van der Waals surface area contributed by atoms with E-state index in [0.717, 1.165) is 11.4 Å². The number of benzene rings is 2. The third kappa shape index (κ3) is 5.53.